The molecule has 5 rings (SSSR count). The van der Waals surface area contributed by atoms with Crippen LogP contribution in [0, 0.1) is 29.1 Å². The van der Waals surface area contributed by atoms with Crippen molar-refractivity contribution in [3.05, 3.63) is 47.0 Å². The minimum atomic E-state index is -5.87. The van der Waals surface area contributed by atoms with E-state index in [4.69, 9.17) is 4.74 Å². The second kappa shape index (κ2) is 8.61. The maximum Gasteiger partial charge on any atom is 0.456 e. The molecule has 4 nitrogen and oxygen atoms in total. The van der Waals surface area contributed by atoms with Crippen molar-refractivity contribution in [2.24, 2.45) is 29.1 Å². The lowest BCUT2D eigenvalue weighted by Crippen LogP contribution is -2.66. The second-order valence-electron chi connectivity index (χ2n) is 11.5. The summed E-state index contributed by atoms with van der Waals surface area (Å²) in [6, 6.07) is 6.55. The van der Waals surface area contributed by atoms with Gasteiger partial charge >= 0.3 is 18.1 Å². The van der Waals surface area contributed by atoms with Gasteiger partial charge in [-0.05, 0) is 91.9 Å². The van der Waals surface area contributed by atoms with Crippen molar-refractivity contribution >= 4 is 11.8 Å². The van der Waals surface area contributed by atoms with Crippen LogP contribution in [-0.4, -0.2) is 41.7 Å². The van der Waals surface area contributed by atoms with Crippen molar-refractivity contribution in [1.82, 2.24) is 0 Å². The van der Waals surface area contributed by atoms with E-state index >= 15 is 8.78 Å². The summed E-state index contributed by atoms with van der Waals surface area (Å²) in [5, 5.41) is 11.3. The number of ether oxygens (including phenoxy) is 1. The molecule has 202 valence electrons. The summed E-state index contributed by atoms with van der Waals surface area (Å²) in [5.74, 6) is -6.85. The quantitative estimate of drug-likeness (QED) is 0.374. The summed E-state index contributed by atoms with van der Waals surface area (Å²) in [6.45, 7) is 1.41. The molecule has 1 aromatic carbocycles. The number of allylic oxidation sites excluding steroid dienone is 1. The molecule has 6 unspecified atom stereocenters. The number of fused-ring (bicyclic) bond motifs is 5. The zero-order chi connectivity index (χ0) is 27.0. The van der Waals surface area contributed by atoms with Crippen LogP contribution in [0.2, 0.25) is 0 Å². The highest BCUT2D eigenvalue weighted by Crippen LogP contribution is 2.71. The first kappa shape index (κ1) is 26.3. The molecule has 9 heteroatoms. The summed E-state index contributed by atoms with van der Waals surface area (Å²) in [4.78, 5) is 24.1. The van der Waals surface area contributed by atoms with Gasteiger partial charge in [-0.1, -0.05) is 24.6 Å². The standard InChI is InChI=1S/C28H31F5O4/c1-25-14-21(15-3-5-16(6-4-15)24(35)37-2)23-19-10-8-18(34)13-17(19)7-9-20(23)22(25)11-12-26(25,36)27(29,30)28(31,32)33/h3-6,13,19-23,36H,7-12,14H2,1-2H3/t19?,20?,21?,22?,23?,25-,26?/m0/s1. The first-order chi connectivity index (χ1) is 17.2. The fraction of sp³-hybridized carbons (Fsp3) is 0.643. The number of alkyl halides is 5. The summed E-state index contributed by atoms with van der Waals surface area (Å²) in [6.07, 6.45) is -2.58. The zero-order valence-corrected chi connectivity index (χ0v) is 20.8. The molecule has 0 radical (unpaired) electrons. The van der Waals surface area contributed by atoms with Crippen molar-refractivity contribution < 1.29 is 41.4 Å². The lowest BCUT2D eigenvalue weighted by atomic mass is 9.46. The molecule has 3 saturated carbocycles. The van der Waals surface area contributed by atoms with E-state index in [1.54, 1.807) is 30.3 Å². The molecule has 0 aliphatic heterocycles. The van der Waals surface area contributed by atoms with Crippen LogP contribution in [0.15, 0.2) is 35.9 Å². The molecular formula is C28H31F5O4. The molecule has 1 aromatic rings. The van der Waals surface area contributed by atoms with Gasteiger partial charge in [0.15, 0.2) is 5.78 Å². The molecule has 0 heterocycles. The van der Waals surface area contributed by atoms with Crippen LogP contribution in [0.25, 0.3) is 0 Å². The molecule has 4 aliphatic rings. The molecule has 0 amide bonds. The molecule has 0 aromatic heterocycles. The van der Waals surface area contributed by atoms with Gasteiger partial charge in [-0.15, -0.1) is 0 Å². The van der Waals surface area contributed by atoms with Crippen LogP contribution < -0.4 is 0 Å². The van der Waals surface area contributed by atoms with Crippen LogP contribution in [0.5, 0.6) is 0 Å². The number of hydrogen-bond donors (Lipinski definition) is 1. The fourth-order valence-electron chi connectivity index (χ4n) is 8.39. The van der Waals surface area contributed by atoms with Gasteiger partial charge in [-0.2, -0.15) is 22.0 Å². The number of ketones is 1. The molecule has 0 spiro atoms. The molecule has 4 aliphatic carbocycles. The van der Waals surface area contributed by atoms with E-state index in [2.05, 4.69) is 0 Å². The van der Waals surface area contributed by atoms with E-state index in [1.165, 1.54) is 14.0 Å². The predicted molar refractivity (Wildman–Crippen MR) is 124 cm³/mol. The third kappa shape index (κ3) is 3.70. The average molecular weight is 527 g/mol. The monoisotopic (exact) mass is 526 g/mol. The SMILES string of the molecule is COC(=O)c1ccc(C2C[C@@]3(C)C(CCC3(O)C(F)(F)C(F)(F)F)C3CCC4=CC(=O)CCC4C23)cc1. The van der Waals surface area contributed by atoms with Crippen molar-refractivity contribution in [3.63, 3.8) is 0 Å². The van der Waals surface area contributed by atoms with Gasteiger partial charge in [0, 0.05) is 11.8 Å². The Morgan fingerprint density at radius 3 is 2.32 bits per heavy atom. The average Bonchev–Trinajstić information content (AvgIpc) is 3.13. The number of esters is 1. The third-order valence-electron chi connectivity index (χ3n) is 10.1. The number of halogens is 5. The van der Waals surface area contributed by atoms with Gasteiger partial charge < -0.3 is 9.84 Å². The van der Waals surface area contributed by atoms with Gasteiger partial charge in [0.2, 0.25) is 0 Å². The molecule has 7 atom stereocenters. The van der Waals surface area contributed by atoms with E-state index in [-0.39, 0.29) is 36.4 Å². The van der Waals surface area contributed by atoms with Gasteiger partial charge in [0.25, 0.3) is 0 Å². The Balaban J connectivity index is 1.62. The minimum Gasteiger partial charge on any atom is -0.465 e. The number of carbonyl (C=O) groups is 2. The number of aliphatic hydroxyl groups is 1. The lowest BCUT2D eigenvalue weighted by molar-refractivity contribution is -0.364. The molecule has 1 N–H and O–H groups in total. The zero-order valence-electron chi connectivity index (χ0n) is 20.8. The number of methoxy groups -OCH3 is 1. The normalized spacial score (nSPS) is 37.8. The fourth-order valence-corrected chi connectivity index (χ4v) is 8.39. The first-order valence-electron chi connectivity index (χ1n) is 12.8. The second-order valence-corrected chi connectivity index (χ2v) is 11.5. The highest BCUT2D eigenvalue weighted by molar-refractivity contribution is 5.91. The van der Waals surface area contributed by atoms with E-state index in [1.807, 2.05) is 0 Å². The Hall–Kier alpha value is -2.29. The Bertz CT molecular complexity index is 1130. The lowest BCUT2D eigenvalue weighted by Gasteiger charge is -2.59. The molecule has 3 fully saturated rings. The molecule has 0 saturated heterocycles. The van der Waals surface area contributed by atoms with Crippen molar-refractivity contribution in [1.29, 1.82) is 0 Å². The maximum atomic E-state index is 15.0. The summed E-state index contributed by atoms with van der Waals surface area (Å²) < 4.78 is 75.7. The van der Waals surface area contributed by atoms with Gasteiger partial charge in [0.05, 0.1) is 12.7 Å². The Morgan fingerprint density at radius 1 is 1.03 bits per heavy atom. The number of rotatable bonds is 3. The number of carbonyl (C=O) groups excluding carboxylic acids is 2. The van der Waals surface area contributed by atoms with Crippen LogP contribution in [0.3, 0.4) is 0 Å². The summed E-state index contributed by atoms with van der Waals surface area (Å²) in [5.41, 5.74) is -2.84. The summed E-state index contributed by atoms with van der Waals surface area (Å²) >= 11 is 0. The Labute approximate surface area is 212 Å². The van der Waals surface area contributed by atoms with Crippen molar-refractivity contribution in [3.8, 4) is 0 Å². The Morgan fingerprint density at radius 2 is 1.70 bits per heavy atom. The van der Waals surface area contributed by atoms with Crippen LogP contribution in [-0.2, 0) is 9.53 Å². The van der Waals surface area contributed by atoms with Gasteiger partial charge in [-0.3, -0.25) is 4.79 Å². The van der Waals surface area contributed by atoms with E-state index in [9.17, 15) is 27.9 Å². The molecular weight excluding hydrogens is 495 g/mol. The number of benzene rings is 1. The topological polar surface area (TPSA) is 63.6 Å². The van der Waals surface area contributed by atoms with E-state index in [0.29, 0.717) is 31.2 Å². The third-order valence-corrected chi connectivity index (χ3v) is 10.1. The van der Waals surface area contributed by atoms with Crippen molar-refractivity contribution in [2.75, 3.05) is 7.11 Å². The van der Waals surface area contributed by atoms with E-state index < -0.39 is 47.3 Å². The van der Waals surface area contributed by atoms with E-state index in [0.717, 1.165) is 11.1 Å². The largest absolute Gasteiger partial charge is 0.465 e. The maximum absolute atomic E-state index is 15.0. The van der Waals surface area contributed by atoms with Crippen LogP contribution in [0.4, 0.5) is 22.0 Å². The first-order valence-corrected chi connectivity index (χ1v) is 12.8. The Kier molecular flexibility index (Phi) is 6.13. The molecule has 0 bridgehead atoms. The van der Waals surface area contributed by atoms with Gasteiger partial charge in [0.1, 0.15) is 5.60 Å². The van der Waals surface area contributed by atoms with Crippen LogP contribution >= 0.6 is 0 Å². The molecule has 37 heavy (non-hydrogen) atoms. The summed E-state index contributed by atoms with van der Waals surface area (Å²) in [7, 11) is 1.25. The van der Waals surface area contributed by atoms with Crippen LogP contribution in [0.1, 0.15) is 73.7 Å². The smallest absolute Gasteiger partial charge is 0.456 e. The highest BCUT2D eigenvalue weighted by atomic mass is 19.4. The minimum absolute atomic E-state index is 0.0307. The number of hydrogen-bond acceptors (Lipinski definition) is 4. The predicted octanol–water partition coefficient (Wildman–Crippen LogP) is 6.24. The highest BCUT2D eigenvalue weighted by Gasteiger charge is 2.79. The van der Waals surface area contributed by atoms with Crippen molar-refractivity contribution in [2.45, 2.75) is 75.5 Å². The van der Waals surface area contributed by atoms with Gasteiger partial charge in [-0.25, -0.2) is 4.79 Å².